The molecular formula is C18H19N3O3. The van der Waals surface area contributed by atoms with Gasteiger partial charge in [0.1, 0.15) is 0 Å². The van der Waals surface area contributed by atoms with Gasteiger partial charge in [-0.15, -0.1) is 0 Å². The second-order valence-corrected chi connectivity index (χ2v) is 5.65. The monoisotopic (exact) mass is 325 g/mol. The zero-order valence-electron chi connectivity index (χ0n) is 13.9. The quantitative estimate of drug-likeness (QED) is 0.520. The average molecular weight is 325 g/mol. The van der Waals surface area contributed by atoms with Crippen molar-refractivity contribution in [3.8, 4) is 0 Å². The zero-order valence-corrected chi connectivity index (χ0v) is 13.9. The van der Waals surface area contributed by atoms with Gasteiger partial charge in [-0.25, -0.2) is 5.43 Å². The number of nitro benzene ring substituents is 1. The van der Waals surface area contributed by atoms with Gasteiger partial charge in [-0.3, -0.25) is 14.9 Å². The first kappa shape index (κ1) is 17.3. The summed E-state index contributed by atoms with van der Waals surface area (Å²) < 4.78 is 0. The van der Waals surface area contributed by atoms with Gasteiger partial charge in [-0.1, -0.05) is 29.8 Å². The van der Waals surface area contributed by atoms with E-state index < -0.39 is 4.92 Å². The lowest BCUT2D eigenvalue weighted by atomic mass is 10.0. The number of hydrogen-bond acceptors (Lipinski definition) is 4. The molecule has 1 amide bonds. The van der Waals surface area contributed by atoms with Crippen LogP contribution in [0, 0.1) is 24.0 Å². The van der Waals surface area contributed by atoms with E-state index in [1.54, 1.807) is 12.1 Å². The molecule has 2 aromatic carbocycles. The summed E-state index contributed by atoms with van der Waals surface area (Å²) >= 11 is 0. The molecule has 6 nitrogen and oxygen atoms in total. The Bertz CT molecular complexity index is 796. The molecule has 6 heteroatoms. The summed E-state index contributed by atoms with van der Waals surface area (Å²) in [5.41, 5.74) is 7.16. The van der Waals surface area contributed by atoms with Gasteiger partial charge < -0.3 is 0 Å². The summed E-state index contributed by atoms with van der Waals surface area (Å²) in [5, 5.41) is 14.8. The van der Waals surface area contributed by atoms with Crippen LogP contribution in [0.5, 0.6) is 0 Å². The van der Waals surface area contributed by atoms with E-state index in [0.717, 1.165) is 22.4 Å². The van der Waals surface area contributed by atoms with Crippen molar-refractivity contribution in [2.24, 2.45) is 5.10 Å². The van der Waals surface area contributed by atoms with Crippen LogP contribution in [-0.2, 0) is 11.2 Å². The summed E-state index contributed by atoms with van der Waals surface area (Å²) in [7, 11) is 0. The van der Waals surface area contributed by atoms with Crippen molar-refractivity contribution in [2.75, 3.05) is 0 Å². The zero-order chi connectivity index (χ0) is 17.7. The van der Waals surface area contributed by atoms with Crippen molar-refractivity contribution < 1.29 is 9.72 Å². The molecule has 0 aliphatic carbocycles. The van der Waals surface area contributed by atoms with E-state index in [0.29, 0.717) is 5.56 Å². The average Bonchev–Trinajstić information content (AvgIpc) is 2.55. The summed E-state index contributed by atoms with van der Waals surface area (Å²) in [6, 6.07) is 12.0. The second-order valence-electron chi connectivity index (χ2n) is 5.65. The second kappa shape index (κ2) is 7.50. The van der Waals surface area contributed by atoms with Crippen LogP contribution in [0.4, 0.5) is 5.69 Å². The lowest BCUT2D eigenvalue weighted by Gasteiger charge is -2.07. The van der Waals surface area contributed by atoms with E-state index >= 15 is 0 Å². The Morgan fingerprint density at radius 2 is 1.83 bits per heavy atom. The SMILES string of the molecule is C/C(=N/NC(=O)Cc1ccc([N+](=O)[O-])cc1)c1cc(C)ccc1C. The maximum atomic E-state index is 12.0. The highest BCUT2D eigenvalue weighted by atomic mass is 16.6. The fourth-order valence-electron chi connectivity index (χ4n) is 2.29. The number of rotatable bonds is 5. The minimum atomic E-state index is -0.471. The van der Waals surface area contributed by atoms with Crippen molar-refractivity contribution in [2.45, 2.75) is 27.2 Å². The van der Waals surface area contributed by atoms with Crippen LogP contribution in [0.1, 0.15) is 29.2 Å². The van der Waals surface area contributed by atoms with Gasteiger partial charge in [0, 0.05) is 17.7 Å². The number of hydrogen-bond donors (Lipinski definition) is 1. The molecule has 2 rings (SSSR count). The Morgan fingerprint density at radius 3 is 2.46 bits per heavy atom. The van der Waals surface area contributed by atoms with Gasteiger partial charge in [0.2, 0.25) is 5.91 Å². The standard InChI is InChI=1S/C18H19N3O3/c1-12-4-5-13(2)17(10-12)14(3)19-20-18(22)11-15-6-8-16(9-7-15)21(23)24/h4-10H,11H2,1-3H3,(H,20,22)/b19-14-. The maximum absolute atomic E-state index is 12.0. The first-order valence-electron chi connectivity index (χ1n) is 7.51. The third kappa shape index (κ3) is 4.49. The molecule has 2 aromatic rings. The van der Waals surface area contributed by atoms with E-state index in [4.69, 9.17) is 0 Å². The van der Waals surface area contributed by atoms with Crippen molar-refractivity contribution in [1.82, 2.24) is 5.43 Å². The van der Waals surface area contributed by atoms with E-state index in [9.17, 15) is 14.9 Å². The summed E-state index contributed by atoms with van der Waals surface area (Å²) in [4.78, 5) is 22.1. The smallest absolute Gasteiger partial charge is 0.269 e. The Hall–Kier alpha value is -3.02. The minimum absolute atomic E-state index is 0.00273. The van der Waals surface area contributed by atoms with Crippen LogP contribution in [0.25, 0.3) is 0 Å². The Labute approximate surface area is 140 Å². The number of nitrogens with one attached hydrogen (secondary N) is 1. The number of nitro groups is 1. The predicted molar refractivity (Wildman–Crippen MR) is 93.1 cm³/mol. The molecule has 0 unspecified atom stereocenters. The number of aryl methyl sites for hydroxylation is 2. The molecule has 0 saturated heterocycles. The predicted octanol–water partition coefficient (Wildman–Crippen LogP) is 3.29. The van der Waals surface area contributed by atoms with Crippen LogP contribution in [0.2, 0.25) is 0 Å². The number of carbonyl (C=O) groups excluding carboxylic acids is 1. The number of hydrazone groups is 1. The summed E-state index contributed by atoms with van der Waals surface area (Å²) in [6.07, 6.45) is 0.113. The molecule has 0 radical (unpaired) electrons. The molecule has 0 bridgehead atoms. The molecule has 1 N–H and O–H groups in total. The number of nitrogens with zero attached hydrogens (tertiary/aromatic N) is 2. The number of carbonyl (C=O) groups is 1. The van der Waals surface area contributed by atoms with Gasteiger partial charge in [0.25, 0.3) is 5.69 Å². The first-order chi connectivity index (χ1) is 11.4. The molecule has 0 fully saturated rings. The van der Waals surface area contributed by atoms with Crippen molar-refractivity contribution in [1.29, 1.82) is 0 Å². The van der Waals surface area contributed by atoms with Crippen molar-refractivity contribution >= 4 is 17.3 Å². The Morgan fingerprint density at radius 1 is 1.17 bits per heavy atom. The molecule has 0 aliphatic heterocycles. The van der Waals surface area contributed by atoms with Crippen LogP contribution in [0.15, 0.2) is 47.6 Å². The molecule has 24 heavy (non-hydrogen) atoms. The third-order valence-corrected chi connectivity index (χ3v) is 3.64. The Kier molecular flexibility index (Phi) is 5.42. The number of non-ortho nitro benzene ring substituents is 1. The van der Waals surface area contributed by atoms with Crippen LogP contribution in [0.3, 0.4) is 0 Å². The third-order valence-electron chi connectivity index (χ3n) is 3.64. The maximum Gasteiger partial charge on any atom is 0.269 e. The summed E-state index contributed by atoms with van der Waals surface area (Å²) in [5.74, 6) is -0.270. The van der Waals surface area contributed by atoms with Gasteiger partial charge in [-0.2, -0.15) is 5.10 Å². The molecular weight excluding hydrogens is 306 g/mol. The Balaban J connectivity index is 2.01. The lowest BCUT2D eigenvalue weighted by Crippen LogP contribution is -2.21. The highest BCUT2D eigenvalue weighted by molar-refractivity contribution is 6.00. The highest BCUT2D eigenvalue weighted by Crippen LogP contribution is 2.13. The normalized spacial score (nSPS) is 11.2. The number of amides is 1. The minimum Gasteiger partial charge on any atom is -0.273 e. The van der Waals surface area contributed by atoms with Gasteiger partial charge in [0.15, 0.2) is 0 Å². The largest absolute Gasteiger partial charge is 0.273 e. The molecule has 0 aliphatic rings. The van der Waals surface area contributed by atoms with Gasteiger partial charge in [0.05, 0.1) is 17.1 Å². The first-order valence-corrected chi connectivity index (χ1v) is 7.51. The van der Waals surface area contributed by atoms with E-state index in [2.05, 4.69) is 10.5 Å². The molecule has 124 valence electrons. The van der Waals surface area contributed by atoms with Gasteiger partial charge >= 0.3 is 0 Å². The van der Waals surface area contributed by atoms with Crippen LogP contribution in [-0.4, -0.2) is 16.5 Å². The topological polar surface area (TPSA) is 84.6 Å². The van der Waals surface area contributed by atoms with Crippen molar-refractivity contribution in [3.63, 3.8) is 0 Å². The molecule has 0 saturated carbocycles. The number of benzene rings is 2. The highest BCUT2D eigenvalue weighted by Gasteiger charge is 2.08. The van der Waals surface area contributed by atoms with Crippen LogP contribution < -0.4 is 5.43 Å². The lowest BCUT2D eigenvalue weighted by molar-refractivity contribution is -0.384. The molecule has 0 spiro atoms. The molecule has 0 atom stereocenters. The molecule has 0 heterocycles. The fourth-order valence-corrected chi connectivity index (χ4v) is 2.29. The summed E-state index contributed by atoms with van der Waals surface area (Å²) in [6.45, 7) is 5.84. The molecule has 0 aromatic heterocycles. The van der Waals surface area contributed by atoms with Gasteiger partial charge in [-0.05, 0) is 38.0 Å². The van der Waals surface area contributed by atoms with E-state index in [1.807, 2.05) is 39.0 Å². The van der Waals surface area contributed by atoms with Crippen molar-refractivity contribution in [3.05, 3.63) is 74.8 Å². The van der Waals surface area contributed by atoms with E-state index in [1.165, 1.54) is 12.1 Å². The fraction of sp³-hybridized carbons (Fsp3) is 0.222. The van der Waals surface area contributed by atoms with Crippen LogP contribution >= 0.6 is 0 Å². The van der Waals surface area contributed by atoms with E-state index in [-0.39, 0.29) is 18.0 Å².